The Labute approximate surface area is 141 Å². The van der Waals surface area contributed by atoms with E-state index in [0.29, 0.717) is 16.9 Å². The van der Waals surface area contributed by atoms with Gasteiger partial charge in [-0.3, -0.25) is 4.79 Å². The molecule has 0 bridgehead atoms. The summed E-state index contributed by atoms with van der Waals surface area (Å²) in [5.41, 5.74) is 0.604. The smallest absolute Gasteiger partial charge is 0.317 e. The average molecular weight is 320 g/mol. The van der Waals surface area contributed by atoms with Crippen molar-refractivity contribution in [1.29, 1.82) is 0 Å². The van der Waals surface area contributed by atoms with Gasteiger partial charge in [-0.1, -0.05) is 41.5 Å². The summed E-state index contributed by atoms with van der Waals surface area (Å²) in [5.74, 6) is 0.523. The van der Waals surface area contributed by atoms with Gasteiger partial charge in [-0.25, -0.2) is 0 Å². The van der Waals surface area contributed by atoms with E-state index in [1.807, 2.05) is 6.92 Å². The van der Waals surface area contributed by atoms with E-state index >= 15 is 0 Å². The molecule has 0 aliphatic heterocycles. The maximum absolute atomic E-state index is 13.0. The lowest BCUT2D eigenvalue weighted by Gasteiger charge is -2.43. The van der Waals surface area contributed by atoms with E-state index in [1.165, 1.54) is 0 Å². The number of benzene rings is 1. The van der Waals surface area contributed by atoms with E-state index in [-0.39, 0.29) is 22.5 Å². The van der Waals surface area contributed by atoms with Gasteiger partial charge in [0.15, 0.2) is 0 Å². The molecule has 0 aromatic heterocycles. The van der Waals surface area contributed by atoms with Crippen molar-refractivity contribution in [2.24, 2.45) is 16.2 Å². The number of aryl methyl sites for hydroxylation is 2. The van der Waals surface area contributed by atoms with Gasteiger partial charge < -0.3 is 9.84 Å². The molecule has 1 aromatic rings. The van der Waals surface area contributed by atoms with Crippen molar-refractivity contribution in [3.63, 3.8) is 0 Å². The van der Waals surface area contributed by atoms with Crippen molar-refractivity contribution in [2.45, 2.75) is 68.7 Å². The largest absolute Gasteiger partial charge is 0.507 e. The Balaban J connectivity index is 3.18. The number of esters is 1. The second kappa shape index (κ2) is 6.18. The average Bonchev–Trinajstić information content (AvgIpc) is 2.32. The Morgan fingerprint density at radius 1 is 1.00 bits per heavy atom. The van der Waals surface area contributed by atoms with Gasteiger partial charge in [0.05, 0.1) is 5.41 Å². The van der Waals surface area contributed by atoms with Crippen molar-refractivity contribution in [3.8, 4) is 11.5 Å². The molecule has 23 heavy (non-hydrogen) atoms. The van der Waals surface area contributed by atoms with E-state index in [4.69, 9.17) is 4.74 Å². The monoisotopic (exact) mass is 320 g/mol. The molecular formula is C20H32O3. The van der Waals surface area contributed by atoms with Gasteiger partial charge in [-0.05, 0) is 61.3 Å². The molecule has 3 heteroatoms. The zero-order valence-electron chi connectivity index (χ0n) is 16.1. The third kappa shape index (κ3) is 4.49. The third-order valence-electron chi connectivity index (χ3n) is 4.66. The second-order valence-corrected chi connectivity index (χ2v) is 9.11. The summed E-state index contributed by atoms with van der Waals surface area (Å²) in [5, 5.41) is 9.87. The van der Waals surface area contributed by atoms with Crippen LogP contribution in [0.2, 0.25) is 0 Å². The molecule has 1 rings (SSSR count). The predicted octanol–water partition coefficient (Wildman–Crippen LogP) is 5.40. The van der Waals surface area contributed by atoms with Gasteiger partial charge in [0.1, 0.15) is 11.5 Å². The summed E-state index contributed by atoms with van der Waals surface area (Å²) in [4.78, 5) is 13.0. The highest BCUT2D eigenvalue weighted by Crippen LogP contribution is 2.47. The van der Waals surface area contributed by atoms with E-state index < -0.39 is 5.41 Å². The molecule has 130 valence electrons. The lowest BCUT2D eigenvalue weighted by molar-refractivity contribution is -0.154. The topological polar surface area (TPSA) is 46.5 Å². The quantitative estimate of drug-likeness (QED) is 0.599. The first-order valence-electron chi connectivity index (χ1n) is 8.20. The molecular weight excluding hydrogens is 288 g/mol. The van der Waals surface area contributed by atoms with Crippen LogP contribution in [0, 0.1) is 30.1 Å². The first kappa shape index (κ1) is 19.5. The summed E-state index contributed by atoms with van der Waals surface area (Å²) >= 11 is 0. The molecule has 1 N–H and O–H groups in total. The first-order valence-corrected chi connectivity index (χ1v) is 8.20. The number of phenolic OH excluding ortho intramolecular Hbond substituents is 1. The van der Waals surface area contributed by atoms with Gasteiger partial charge in [0.25, 0.3) is 0 Å². The van der Waals surface area contributed by atoms with E-state index in [1.54, 1.807) is 26.0 Å². The van der Waals surface area contributed by atoms with Crippen LogP contribution >= 0.6 is 0 Å². The Morgan fingerprint density at radius 2 is 1.43 bits per heavy atom. The van der Waals surface area contributed by atoms with Crippen molar-refractivity contribution >= 4 is 5.97 Å². The molecule has 1 atom stereocenters. The second-order valence-electron chi connectivity index (χ2n) is 9.11. The van der Waals surface area contributed by atoms with Crippen LogP contribution in [0.5, 0.6) is 11.5 Å². The molecule has 0 saturated carbocycles. The van der Waals surface area contributed by atoms with Gasteiger partial charge in [-0.2, -0.15) is 0 Å². The van der Waals surface area contributed by atoms with Gasteiger partial charge in [0.2, 0.25) is 0 Å². The fraction of sp³-hybridized carbons (Fsp3) is 0.650. The Morgan fingerprint density at radius 3 is 1.78 bits per heavy atom. The van der Waals surface area contributed by atoms with E-state index in [0.717, 1.165) is 6.42 Å². The molecule has 0 amide bonds. The SMILES string of the molecule is Cc1cc(OC(=O)C(C)(CC(C)(C)C)C(C)(C)C)cc(C)c1O. The summed E-state index contributed by atoms with van der Waals surface area (Å²) in [7, 11) is 0. The Bertz CT molecular complexity index is 565. The molecule has 1 unspecified atom stereocenters. The molecule has 0 spiro atoms. The third-order valence-corrected chi connectivity index (χ3v) is 4.66. The fourth-order valence-corrected chi connectivity index (χ4v) is 2.90. The summed E-state index contributed by atoms with van der Waals surface area (Å²) in [6, 6.07) is 3.42. The summed E-state index contributed by atoms with van der Waals surface area (Å²) in [6.45, 7) is 18.2. The number of hydrogen-bond acceptors (Lipinski definition) is 3. The van der Waals surface area contributed by atoms with Crippen LogP contribution in [0.25, 0.3) is 0 Å². The zero-order chi connectivity index (χ0) is 18.2. The Hall–Kier alpha value is -1.51. The minimum absolute atomic E-state index is 0.0157. The Kier molecular flexibility index (Phi) is 5.25. The standard InChI is InChI=1S/C20H32O3/c1-13-10-15(11-14(2)16(13)21)23-17(22)20(9,19(6,7)8)12-18(3,4)5/h10-11,21H,12H2,1-9H3. The highest BCUT2D eigenvalue weighted by Gasteiger charge is 2.48. The van der Waals surface area contributed by atoms with Gasteiger partial charge in [0, 0.05) is 0 Å². The minimum Gasteiger partial charge on any atom is -0.507 e. The van der Waals surface area contributed by atoms with Crippen molar-refractivity contribution in [1.82, 2.24) is 0 Å². The van der Waals surface area contributed by atoms with Crippen LogP contribution in [0.3, 0.4) is 0 Å². The number of carbonyl (C=O) groups excluding carboxylic acids is 1. The molecule has 0 heterocycles. The van der Waals surface area contributed by atoms with Crippen LogP contribution < -0.4 is 4.74 Å². The number of rotatable bonds is 3. The molecule has 0 radical (unpaired) electrons. The molecule has 0 saturated heterocycles. The van der Waals surface area contributed by atoms with Crippen LogP contribution in [-0.4, -0.2) is 11.1 Å². The lowest BCUT2D eigenvalue weighted by atomic mass is 9.61. The number of aromatic hydroxyl groups is 1. The van der Waals surface area contributed by atoms with Crippen molar-refractivity contribution in [2.75, 3.05) is 0 Å². The maximum Gasteiger partial charge on any atom is 0.317 e. The number of hydrogen-bond donors (Lipinski definition) is 1. The normalized spacial score (nSPS) is 15.2. The minimum atomic E-state index is -0.606. The molecule has 0 fully saturated rings. The predicted molar refractivity (Wildman–Crippen MR) is 94.8 cm³/mol. The van der Waals surface area contributed by atoms with Crippen LogP contribution in [0.4, 0.5) is 0 Å². The number of carbonyl (C=O) groups is 1. The van der Waals surface area contributed by atoms with Gasteiger partial charge >= 0.3 is 5.97 Å². The zero-order valence-corrected chi connectivity index (χ0v) is 16.1. The van der Waals surface area contributed by atoms with E-state index in [9.17, 15) is 9.90 Å². The van der Waals surface area contributed by atoms with Crippen LogP contribution in [0.15, 0.2) is 12.1 Å². The lowest BCUT2D eigenvalue weighted by Crippen LogP contribution is -2.45. The van der Waals surface area contributed by atoms with Crippen molar-refractivity contribution in [3.05, 3.63) is 23.3 Å². The van der Waals surface area contributed by atoms with Crippen molar-refractivity contribution < 1.29 is 14.6 Å². The number of ether oxygens (including phenoxy) is 1. The maximum atomic E-state index is 13.0. The molecule has 0 aliphatic rings. The molecule has 0 aliphatic carbocycles. The molecule has 3 nitrogen and oxygen atoms in total. The van der Waals surface area contributed by atoms with Gasteiger partial charge in [-0.15, -0.1) is 0 Å². The summed E-state index contributed by atoms with van der Waals surface area (Å²) in [6.07, 6.45) is 0.735. The molecule has 1 aromatic carbocycles. The fourth-order valence-electron chi connectivity index (χ4n) is 2.90. The van der Waals surface area contributed by atoms with E-state index in [2.05, 4.69) is 41.5 Å². The highest BCUT2D eigenvalue weighted by molar-refractivity contribution is 5.80. The highest BCUT2D eigenvalue weighted by atomic mass is 16.5. The number of phenols is 1. The van der Waals surface area contributed by atoms with Crippen LogP contribution in [-0.2, 0) is 4.79 Å². The van der Waals surface area contributed by atoms with Crippen LogP contribution in [0.1, 0.15) is 66.0 Å². The summed E-state index contributed by atoms with van der Waals surface area (Å²) < 4.78 is 5.72. The first-order chi connectivity index (χ1) is 10.2.